The van der Waals surface area contributed by atoms with Gasteiger partial charge < -0.3 is 4.74 Å². The lowest BCUT2D eigenvalue weighted by Gasteiger charge is -2.19. The second-order valence-corrected chi connectivity index (χ2v) is 5.05. The summed E-state index contributed by atoms with van der Waals surface area (Å²) in [6.07, 6.45) is 1.64. The van der Waals surface area contributed by atoms with E-state index in [1.54, 1.807) is 20.8 Å². The Hall–Kier alpha value is -1.13. The summed E-state index contributed by atoms with van der Waals surface area (Å²) in [4.78, 5) is 26.2. The zero-order chi connectivity index (χ0) is 13.2. The van der Waals surface area contributed by atoms with Crippen molar-refractivity contribution in [3.8, 4) is 0 Å². The van der Waals surface area contributed by atoms with E-state index in [1.807, 2.05) is 0 Å². The van der Waals surface area contributed by atoms with Crippen molar-refractivity contribution in [2.45, 2.75) is 26.4 Å². The molecular formula is C11H11Cl2NO3. The van der Waals surface area contributed by atoms with Crippen LogP contribution in [0.2, 0.25) is 10.2 Å². The van der Waals surface area contributed by atoms with Crippen molar-refractivity contribution < 1.29 is 14.3 Å². The molecular weight excluding hydrogens is 265 g/mol. The average Bonchev–Trinajstić information content (AvgIpc) is 2.15. The van der Waals surface area contributed by atoms with E-state index in [4.69, 9.17) is 27.9 Å². The highest BCUT2D eigenvalue weighted by Crippen LogP contribution is 2.26. The molecule has 0 spiro atoms. The molecule has 0 bridgehead atoms. The Morgan fingerprint density at radius 1 is 1.41 bits per heavy atom. The summed E-state index contributed by atoms with van der Waals surface area (Å²) in [7, 11) is 0. The first-order valence-electron chi connectivity index (χ1n) is 4.79. The zero-order valence-corrected chi connectivity index (χ0v) is 11.1. The molecule has 1 heterocycles. The summed E-state index contributed by atoms with van der Waals surface area (Å²) in [5.41, 5.74) is -0.647. The number of esters is 1. The molecule has 6 heteroatoms. The van der Waals surface area contributed by atoms with E-state index in [1.165, 1.54) is 6.20 Å². The average molecular weight is 276 g/mol. The predicted octanol–water partition coefficient (Wildman–Crippen LogP) is 3.16. The van der Waals surface area contributed by atoms with Gasteiger partial charge >= 0.3 is 5.97 Å². The topological polar surface area (TPSA) is 56.3 Å². The van der Waals surface area contributed by atoms with Crippen LogP contribution in [0.3, 0.4) is 0 Å². The van der Waals surface area contributed by atoms with Gasteiger partial charge in [-0.2, -0.15) is 0 Å². The van der Waals surface area contributed by atoms with Crippen LogP contribution < -0.4 is 0 Å². The highest BCUT2D eigenvalue weighted by Gasteiger charge is 2.22. The first-order chi connectivity index (χ1) is 7.76. The molecule has 0 radical (unpaired) electrons. The van der Waals surface area contributed by atoms with Crippen molar-refractivity contribution in [2.24, 2.45) is 0 Å². The molecule has 0 fully saturated rings. The van der Waals surface area contributed by atoms with Gasteiger partial charge in [0.15, 0.2) is 6.29 Å². The molecule has 0 aliphatic rings. The molecule has 0 aliphatic carbocycles. The third-order valence-corrected chi connectivity index (χ3v) is 2.45. The van der Waals surface area contributed by atoms with Gasteiger partial charge in [-0.1, -0.05) is 23.2 Å². The maximum Gasteiger partial charge on any atom is 0.341 e. The monoisotopic (exact) mass is 275 g/mol. The zero-order valence-electron chi connectivity index (χ0n) is 9.58. The quantitative estimate of drug-likeness (QED) is 0.473. The number of nitrogens with zero attached hydrogens (tertiary/aromatic N) is 1. The van der Waals surface area contributed by atoms with Crippen molar-refractivity contribution in [3.63, 3.8) is 0 Å². The summed E-state index contributed by atoms with van der Waals surface area (Å²) in [6, 6.07) is 0. The maximum absolute atomic E-state index is 11.8. The second-order valence-electron chi connectivity index (χ2n) is 4.31. The van der Waals surface area contributed by atoms with Gasteiger partial charge in [-0.15, -0.1) is 0 Å². The Kier molecular flexibility index (Phi) is 4.11. The van der Waals surface area contributed by atoms with E-state index in [9.17, 15) is 9.59 Å². The molecule has 17 heavy (non-hydrogen) atoms. The van der Waals surface area contributed by atoms with Gasteiger partial charge in [-0.25, -0.2) is 9.78 Å². The minimum Gasteiger partial charge on any atom is -0.456 e. The van der Waals surface area contributed by atoms with Crippen LogP contribution >= 0.6 is 23.2 Å². The van der Waals surface area contributed by atoms with Gasteiger partial charge in [-0.3, -0.25) is 4.79 Å². The maximum atomic E-state index is 11.8. The Morgan fingerprint density at radius 2 is 2.00 bits per heavy atom. The van der Waals surface area contributed by atoms with E-state index in [-0.39, 0.29) is 21.3 Å². The molecule has 0 unspecified atom stereocenters. The van der Waals surface area contributed by atoms with Crippen LogP contribution in [-0.4, -0.2) is 22.8 Å². The molecule has 1 aromatic heterocycles. The number of ether oxygens (including phenoxy) is 1. The van der Waals surface area contributed by atoms with Crippen molar-refractivity contribution in [2.75, 3.05) is 0 Å². The van der Waals surface area contributed by atoms with Crippen LogP contribution in [0.1, 0.15) is 41.5 Å². The summed E-state index contributed by atoms with van der Waals surface area (Å²) in [6.45, 7) is 5.17. The standard InChI is InChI=1S/C11H11Cl2NO3/c1-11(2,3)17-10(16)6-4-14-9(13)7(5-15)8(6)12/h4-5H,1-3H3. The first-order valence-corrected chi connectivity index (χ1v) is 5.54. The van der Waals surface area contributed by atoms with Crippen LogP contribution in [0.15, 0.2) is 6.20 Å². The molecule has 0 atom stereocenters. The number of hydrogen-bond donors (Lipinski definition) is 0. The number of carbonyl (C=O) groups is 2. The van der Waals surface area contributed by atoms with Crippen LogP contribution in [0, 0.1) is 0 Å². The largest absolute Gasteiger partial charge is 0.456 e. The molecule has 0 aliphatic heterocycles. The highest BCUT2D eigenvalue weighted by atomic mass is 35.5. The van der Waals surface area contributed by atoms with Crippen molar-refractivity contribution in [1.29, 1.82) is 0 Å². The van der Waals surface area contributed by atoms with Crippen LogP contribution in [0.25, 0.3) is 0 Å². The fraction of sp³-hybridized carbons (Fsp3) is 0.364. The van der Waals surface area contributed by atoms with Gasteiger partial charge in [0.1, 0.15) is 10.8 Å². The van der Waals surface area contributed by atoms with Gasteiger partial charge in [-0.05, 0) is 20.8 Å². The summed E-state index contributed by atoms with van der Waals surface area (Å²) >= 11 is 11.5. The van der Waals surface area contributed by atoms with Gasteiger partial charge in [0.05, 0.1) is 16.1 Å². The number of carbonyl (C=O) groups excluding carboxylic acids is 2. The smallest absolute Gasteiger partial charge is 0.341 e. The molecule has 0 saturated carbocycles. The van der Waals surface area contributed by atoms with E-state index in [0.29, 0.717) is 6.29 Å². The summed E-state index contributed by atoms with van der Waals surface area (Å²) in [5, 5.41) is -0.0911. The van der Waals surface area contributed by atoms with E-state index in [2.05, 4.69) is 4.98 Å². The van der Waals surface area contributed by atoms with E-state index in [0.717, 1.165) is 0 Å². The third kappa shape index (κ3) is 3.41. The first kappa shape index (κ1) is 13.9. The lowest BCUT2D eigenvalue weighted by Crippen LogP contribution is -2.24. The van der Waals surface area contributed by atoms with Gasteiger partial charge in [0, 0.05) is 6.20 Å². The number of halogens is 2. The van der Waals surface area contributed by atoms with Gasteiger partial charge in [0.2, 0.25) is 0 Å². The van der Waals surface area contributed by atoms with Crippen molar-refractivity contribution in [1.82, 2.24) is 4.98 Å². The Morgan fingerprint density at radius 3 is 2.47 bits per heavy atom. The Labute approximate surface area is 109 Å². The van der Waals surface area contributed by atoms with Crippen LogP contribution in [0.4, 0.5) is 0 Å². The van der Waals surface area contributed by atoms with E-state index < -0.39 is 11.6 Å². The normalized spacial score (nSPS) is 11.1. The van der Waals surface area contributed by atoms with E-state index >= 15 is 0 Å². The lowest BCUT2D eigenvalue weighted by molar-refractivity contribution is 0.00693. The molecule has 0 saturated heterocycles. The third-order valence-electron chi connectivity index (χ3n) is 1.74. The summed E-state index contributed by atoms with van der Waals surface area (Å²) in [5.74, 6) is -0.644. The Bertz CT molecular complexity index is 467. The predicted molar refractivity (Wildman–Crippen MR) is 64.8 cm³/mol. The van der Waals surface area contributed by atoms with Crippen molar-refractivity contribution >= 4 is 35.5 Å². The molecule has 1 aromatic rings. The SMILES string of the molecule is CC(C)(C)OC(=O)c1cnc(Cl)c(C=O)c1Cl. The molecule has 0 aromatic carbocycles. The number of hydrogen-bond acceptors (Lipinski definition) is 4. The number of rotatable bonds is 2. The second kappa shape index (κ2) is 5.02. The fourth-order valence-corrected chi connectivity index (χ4v) is 1.56. The highest BCUT2D eigenvalue weighted by molar-refractivity contribution is 6.39. The lowest BCUT2D eigenvalue weighted by atomic mass is 10.1. The fourth-order valence-electron chi connectivity index (χ4n) is 1.06. The van der Waals surface area contributed by atoms with Crippen LogP contribution in [-0.2, 0) is 4.74 Å². The molecule has 0 amide bonds. The minimum atomic E-state index is -0.651. The minimum absolute atomic E-state index is 0.0170. The summed E-state index contributed by atoms with van der Waals surface area (Å²) < 4.78 is 5.12. The Balaban J connectivity index is 3.16. The number of aldehydes is 1. The number of pyridine rings is 1. The molecule has 1 rings (SSSR count). The van der Waals surface area contributed by atoms with Gasteiger partial charge in [0.25, 0.3) is 0 Å². The molecule has 92 valence electrons. The van der Waals surface area contributed by atoms with Crippen molar-refractivity contribution in [3.05, 3.63) is 27.5 Å². The molecule has 0 N–H and O–H groups in total. The molecule has 4 nitrogen and oxygen atoms in total. The van der Waals surface area contributed by atoms with Crippen LogP contribution in [0.5, 0.6) is 0 Å². The number of aromatic nitrogens is 1.